The number of rotatable bonds is 12. The van der Waals surface area contributed by atoms with E-state index < -0.39 is 22.2 Å². The van der Waals surface area contributed by atoms with Crippen LogP contribution in [-0.4, -0.2) is 57.8 Å². The van der Waals surface area contributed by atoms with Gasteiger partial charge in [-0.25, -0.2) is 23.1 Å². The lowest BCUT2D eigenvalue weighted by Crippen LogP contribution is -2.44. The lowest BCUT2D eigenvalue weighted by Gasteiger charge is -2.34. The van der Waals surface area contributed by atoms with Crippen LogP contribution in [0.2, 0.25) is 0 Å². The zero-order chi connectivity index (χ0) is 26.4. The second-order valence-corrected chi connectivity index (χ2v) is 8.79. The number of nitrogens with zero attached hydrogens (tertiary/aromatic N) is 8. The van der Waals surface area contributed by atoms with Crippen molar-refractivity contribution in [3.63, 3.8) is 0 Å². The largest absolute Gasteiger partial charge is 0.382 e. The topological polar surface area (TPSA) is 128 Å². The van der Waals surface area contributed by atoms with Crippen molar-refractivity contribution in [2.24, 2.45) is 0 Å². The normalized spacial score (nSPS) is 13.1. The Labute approximate surface area is 211 Å². The predicted molar refractivity (Wildman–Crippen MR) is 128 cm³/mol. The molecular formula is C24H26F2N8O3. The maximum Gasteiger partial charge on any atom is 0.269 e. The molecule has 0 bridgehead atoms. The number of nitro groups is 1. The van der Waals surface area contributed by atoms with E-state index in [1.165, 1.54) is 35.5 Å². The lowest BCUT2D eigenvalue weighted by atomic mass is 9.92. The van der Waals surface area contributed by atoms with Crippen LogP contribution in [0, 0.1) is 21.7 Å². The minimum atomic E-state index is -1.75. The number of hydrogen-bond acceptors (Lipinski definition) is 8. The Bertz CT molecular complexity index is 1350. The molecule has 13 heteroatoms. The third-order valence-corrected chi connectivity index (χ3v) is 5.79. The molecule has 37 heavy (non-hydrogen) atoms. The summed E-state index contributed by atoms with van der Waals surface area (Å²) in [5.74, 6) is -1.60. The Morgan fingerprint density at radius 2 is 2.03 bits per heavy atom. The number of halogens is 2. The van der Waals surface area contributed by atoms with Crippen molar-refractivity contribution in [3.8, 4) is 0 Å². The first-order valence-electron chi connectivity index (χ1n) is 11.6. The molecule has 0 saturated heterocycles. The standard InChI is InChI=1S/C24H26F2N8O3/c1-2-8-31(12-20-13-32(30-29-20)11-18-4-3-5-21(9-18)34(36)37)14-24(35,15-33-17-27-16-28-33)22-7-6-19(25)10-23(22)26/h3-7,9-10,13,16-17,35H,2,8,11-12,14-15H2,1H3. The molecule has 1 unspecified atom stereocenters. The van der Waals surface area contributed by atoms with E-state index in [-0.39, 0.29) is 24.3 Å². The van der Waals surface area contributed by atoms with E-state index in [9.17, 15) is 24.0 Å². The Balaban J connectivity index is 1.54. The highest BCUT2D eigenvalue weighted by Gasteiger charge is 2.35. The summed E-state index contributed by atoms with van der Waals surface area (Å²) in [7, 11) is 0. The van der Waals surface area contributed by atoms with Crippen LogP contribution in [0.4, 0.5) is 14.5 Å². The molecule has 2 heterocycles. The van der Waals surface area contributed by atoms with Crippen LogP contribution in [0.15, 0.2) is 61.3 Å². The Morgan fingerprint density at radius 3 is 2.73 bits per heavy atom. The van der Waals surface area contributed by atoms with Crippen LogP contribution in [0.25, 0.3) is 0 Å². The van der Waals surface area contributed by atoms with Crippen LogP contribution >= 0.6 is 0 Å². The fourth-order valence-corrected chi connectivity index (χ4v) is 4.24. The third-order valence-electron chi connectivity index (χ3n) is 5.79. The van der Waals surface area contributed by atoms with Gasteiger partial charge in [0.25, 0.3) is 5.69 Å². The highest BCUT2D eigenvalue weighted by atomic mass is 19.1. The van der Waals surface area contributed by atoms with Gasteiger partial charge in [0.1, 0.15) is 29.9 Å². The van der Waals surface area contributed by atoms with Gasteiger partial charge in [0, 0.05) is 36.9 Å². The summed E-state index contributed by atoms with van der Waals surface area (Å²) in [5.41, 5.74) is -0.516. The van der Waals surface area contributed by atoms with Gasteiger partial charge in [-0.2, -0.15) is 5.10 Å². The third kappa shape index (κ3) is 6.57. The molecule has 0 amide bonds. The molecule has 1 N–H and O–H groups in total. The number of aliphatic hydroxyl groups is 1. The smallest absolute Gasteiger partial charge is 0.269 e. The van der Waals surface area contributed by atoms with Crippen molar-refractivity contribution < 1.29 is 18.8 Å². The minimum Gasteiger partial charge on any atom is -0.382 e. The van der Waals surface area contributed by atoms with Gasteiger partial charge in [-0.1, -0.05) is 30.3 Å². The zero-order valence-corrected chi connectivity index (χ0v) is 20.1. The van der Waals surface area contributed by atoms with Gasteiger partial charge in [0.2, 0.25) is 0 Å². The summed E-state index contributed by atoms with van der Waals surface area (Å²) in [6.45, 7) is 3.02. The molecule has 0 spiro atoms. The maximum atomic E-state index is 14.8. The van der Waals surface area contributed by atoms with Crippen LogP contribution < -0.4 is 0 Å². The molecule has 4 rings (SSSR count). The van der Waals surface area contributed by atoms with Crippen molar-refractivity contribution in [1.82, 2.24) is 34.7 Å². The summed E-state index contributed by atoms with van der Waals surface area (Å²) in [6, 6.07) is 9.36. The Hall–Kier alpha value is -4.10. The van der Waals surface area contributed by atoms with E-state index in [1.807, 2.05) is 11.8 Å². The summed E-state index contributed by atoms with van der Waals surface area (Å²) in [6.07, 6.45) is 5.19. The van der Waals surface area contributed by atoms with Crippen molar-refractivity contribution >= 4 is 5.69 Å². The number of aromatic nitrogens is 6. The molecule has 194 valence electrons. The molecule has 4 aromatic rings. The fourth-order valence-electron chi connectivity index (χ4n) is 4.24. The van der Waals surface area contributed by atoms with E-state index in [2.05, 4.69) is 20.4 Å². The molecule has 2 aromatic carbocycles. The summed E-state index contributed by atoms with van der Waals surface area (Å²) in [4.78, 5) is 16.4. The maximum absolute atomic E-state index is 14.8. The molecule has 1 atom stereocenters. The number of non-ortho nitro benzene ring substituents is 1. The first-order valence-corrected chi connectivity index (χ1v) is 11.6. The van der Waals surface area contributed by atoms with Gasteiger partial charge in [0.15, 0.2) is 0 Å². The average Bonchev–Trinajstić information content (AvgIpc) is 3.51. The lowest BCUT2D eigenvalue weighted by molar-refractivity contribution is -0.384. The molecule has 0 aliphatic heterocycles. The second-order valence-electron chi connectivity index (χ2n) is 8.79. The number of nitro benzene ring substituents is 1. The highest BCUT2D eigenvalue weighted by molar-refractivity contribution is 5.34. The zero-order valence-electron chi connectivity index (χ0n) is 20.1. The van der Waals surface area contributed by atoms with E-state index in [0.29, 0.717) is 30.9 Å². The van der Waals surface area contributed by atoms with E-state index in [0.717, 1.165) is 18.6 Å². The van der Waals surface area contributed by atoms with E-state index in [1.54, 1.807) is 23.0 Å². The van der Waals surface area contributed by atoms with Crippen molar-refractivity contribution in [2.45, 2.75) is 38.6 Å². The van der Waals surface area contributed by atoms with Gasteiger partial charge in [-0.3, -0.25) is 15.0 Å². The minimum absolute atomic E-state index is 0.000984. The first kappa shape index (κ1) is 26.0. The van der Waals surface area contributed by atoms with Crippen molar-refractivity contribution in [1.29, 1.82) is 0 Å². The predicted octanol–water partition coefficient (Wildman–Crippen LogP) is 2.90. The summed E-state index contributed by atoms with van der Waals surface area (Å²) in [5, 5.41) is 35.1. The van der Waals surface area contributed by atoms with Gasteiger partial charge in [-0.15, -0.1) is 5.10 Å². The van der Waals surface area contributed by atoms with Crippen LogP contribution in [0.3, 0.4) is 0 Å². The number of benzene rings is 2. The Morgan fingerprint density at radius 1 is 1.19 bits per heavy atom. The molecule has 0 fully saturated rings. The summed E-state index contributed by atoms with van der Waals surface area (Å²) < 4.78 is 31.3. The quantitative estimate of drug-likeness (QED) is 0.227. The SMILES string of the molecule is CCCN(Cc1cn(Cc2cccc([N+](=O)[O-])c2)nn1)CC(O)(Cn1cncn1)c1ccc(F)cc1F. The van der Waals surface area contributed by atoms with Crippen molar-refractivity contribution in [3.05, 3.63) is 99.9 Å². The highest BCUT2D eigenvalue weighted by Crippen LogP contribution is 2.28. The van der Waals surface area contributed by atoms with Crippen LogP contribution in [0.5, 0.6) is 0 Å². The molecule has 11 nitrogen and oxygen atoms in total. The molecule has 0 aliphatic carbocycles. The van der Waals surface area contributed by atoms with Gasteiger partial charge in [0.05, 0.1) is 29.9 Å². The number of hydrogen-bond donors (Lipinski definition) is 1. The molecular weight excluding hydrogens is 486 g/mol. The second kappa shape index (κ2) is 11.3. The Kier molecular flexibility index (Phi) is 7.94. The van der Waals surface area contributed by atoms with E-state index in [4.69, 9.17) is 0 Å². The summed E-state index contributed by atoms with van der Waals surface area (Å²) >= 11 is 0. The van der Waals surface area contributed by atoms with Crippen LogP contribution in [0.1, 0.15) is 30.2 Å². The molecule has 0 aliphatic rings. The van der Waals surface area contributed by atoms with Gasteiger partial charge >= 0.3 is 0 Å². The monoisotopic (exact) mass is 512 g/mol. The first-order chi connectivity index (χ1) is 17.8. The molecule has 2 aromatic heterocycles. The van der Waals surface area contributed by atoms with Crippen LogP contribution in [-0.2, 0) is 25.2 Å². The van der Waals surface area contributed by atoms with Gasteiger partial charge in [-0.05, 0) is 24.6 Å². The van der Waals surface area contributed by atoms with Gasteiger partial charge < -0.3 is 5.11 Å². The average molecular weight is 513 g/mol. The fraction of sp³-hybridized carbons (Fsp3) is 0.333. The molecule has 0 saturated carbocycles. The van der Waals surface area contributed by atoms with Crippen molar-refractivity contribution in [2.75, 3.05) is 13.1 Å². The molecule has 0 radical (unpaired) electrons. The van der Waals surface area contributed by atoms with E-state index >= 15 is 0 Å².